The second-order valence-electron chi connectivity index (χ2n) is 3.82. The highest BCUT2D eigenvalue weighted by atomic mass is 79.9. The second-order valence-corrected chi connectivity index (χ2v) is 4.68. The van der Waals surface area contributed by atoms with E-state index in [4.69, 9.17) is 10.5 Å². The van der Waals surface area contributed by atoms with Crippen LogP contribution in [0.25, 0.3) is 0 Å². The number of rotatable bonds is 3. The molecule has 0 heterocycles. The molecule has 0 aromatic heterocycles. The monoisotopic (exact) mass is 328 g/mol. The van der Waals surface area contributed by atoms with E-state index in [0.717, 1.165) is 0 Å². The van der Waals surface area contributed by atoms with E-state index in [9.17, 15) is 8.78 Å². The van der Waals surface area contributed by atoms with Crippen LogP contribution in [0, 0.1) is 11.6 Å². The van der Waals surface area contributed by atoms with Gasteiger partial charge in [-0.05, 0) is 34.1 Å². The maximum absolute atomic E-state index is 13.8. The van der Waals surface area contributed by atoms with Gasteiger partial charge in [-0.2, -0.15) is 0 Å². The van der Waals surface area contributed by atoms with Gasteiger partial charge in [0.15, 0.2) is 0 Å². The van der Waals surface area contributed by atoms with E-state index in [1.807, 2.05) is 0 Å². The zero-order valence-electron chi connectivity index (χ0n) is 10.0. The number of ether oxygens (including phenoxy) is 1. The van der Waals surface area contributed by atoms with Crippen molar-refractivity contribution in [1.29, 1.82) is 0 Å². The fourth-order valence-electron chi connectivity index (χ4n) is 1.58. The summed E-state index contributed by atoms with van der Waals surface area (Å²) in [7, 11) is 1.45. The molecule has 6 heteroatoms. The third-order valence-electron chi connectivity index (χ3n) is 2.52. The number of halogens is 3. The first-order valence-electron chi connectivity index (χ1n) is 5.36. The van der Waals surface area contributed by atoms with Gasteiger partial charge in [0.25, 0.3) is 0 Å². The standard InChI is InChI=1S/C13H11BrF2N2O/c1-19-13-6-12(9(16)5-10(13)17)18-11-3-2-7(15)4-8(11)14/h2-6,18H,17H2,1H3. The van der Waals surface area contributed by atoms with E-state index < -0.39 is 5.82 Å². The van der Waals surface area contributed by atoms with Gasteiger partial charge in [0.2, 0.25) is 0 Å². The molecule has 0 bridgehead atoms. The minimum Gasteiger partial charge on any atom is -0.495 e. The highest BCUT2D eigenvalue weighted by Gasteiger charge is 2.10. The van der Waals surface area contributed by atoms with Crippen LogP contribution in [0.3, 0.4) is 0 Å². The SMILES string of the molecule is COc1cc(Nc2ccc(F)cc2Br)c(F)cc1N. The quantitative estimate of drug-likeness (QED) is 0.835. The Kier molecular flexibility index (Phi) is 3.90. The molecule has 3 N–H and O–H groups in total. The number of nitrogen functional groups attached to an aromatic ring is 1. The van der Waals surface area contributed by atoms with Crippen molar-refractivity contribution in [1.82, 2.24) is 0 Å². The summed E-state index contributed by atoms with van der Waals surface area (Å²) in [5, 5.41) is 2.85. The molecular weight excluding hydrogens is 318 g/mol. The van der Waals surface area contributed by atoms with Crippen LogP contribution in [-0.2, 0) is 0 Å². The summed E-state index contributed by atoms with van der Waals surface area (Å²) in [4.78, 5) is 0. The molecular formula is C13H11BrF2N2O. The summed E-state index contributed by atoms with van der Waals surface area (Å²) in [6.45, 7) is 0. The number of methoxy groups -OCH3 is 1. The van der Waals surface area contributed by atoms with Gasteiger partial charge in [0.05, 0.1) is 24.2 Å². The predicted octanol–water partition coefficient (Wildman–Crippen LogP) is 4.06. The van der Waals surface area contributed by atoms with Gasteiger partial charge in [-0.15, -0.1) is 0 Å². The van der Waals surface area contributed by atoms with Crippen LogP contribution in [0.15, 0.2) is 34.8 Å². The average Bonchev–Trinajstić information content (AvgIpc) is 2.35. The van der Waals surface area contributed by atoms with Gasteiger partial charge < -0.3 is 15.8 Å². The summed E-state index contributed by atoms with van der Waals surface area (Å²) in [6.07, 6.45) is 0. The Balaban J connectivity index is 2.37. The van der Waals surface area contributed by atoms with Crippen molar-refractivity contribution in [3.63, 3.8) is 0 Å². The normalized spacial score (nSPS) is 10.3. The van der Waals surface area contributed by atoms with E-state index in [0.29, 0.717) is 15.9 Å². The van der Waals surface area contributed by atoms with E-state index >= 15 is 0 Å². The Morgan fingerprint density at radius 1 is 1.16 bits per heavy atom. The molecule has 0 aliphatic carbocycles. The van der Waals surface area contributed by atoms with Crippen LogP contribution in [0.2, 0.25) is 0 Å². The van der Waals surface area contributed by atoms with Crippen molar-refractivity contribution in [3.8, 4) is 5.75 Å². The number of benzene rings is 2. The highest BCUT2D eigenvalue weighted by Crippen LogP contribution is 2.32. The maximum Gasteiger partial charge on any atom is 0.148 e. The third kappa shape index (κ3) is 2.96. The molecule has 0 spiro atoms. The van der Waals surface area contributed by atoms with Crippen LogP contribution >= 0.6 is 15.9 Å². The van der Waals surface area contributed by atoms with Gasteiger partial charge in [0.1, 0.15) is 17.4 Å². The summed E-state index contributed by atoms with van der Waals surface area (Å²) >= 11 is 3.20. The summed E-state index contributed by atoms with van der Waals surface area (Å²) < 4.78 is 32.3. The van der Waals surface area contributed by atoms with Crippen molar-refractivity contribution in [3.05, 3.63) is 46.4 Å². The Hall–Kier alpha value is -1.82. The molecule has 0 aliphatic rings. The first-order valence-corrected chi connectivity index (χ1v) is 6.15. The Bertz CT molecular complexity index is 620. The molecule has 0 saturated carbocycles. The third-order valence-corrected chi connectivity index (χ3v) is 3.18. The molecule has 2 aromatic rings. The molecule has 0 atom stereocenters. The molecule has 0 radical (unpaired) electrons. The van der Waals surface area contributed by atoms with E-state index in [1.165, 1.54) is 37.4 Å². The Morgan fingerprint density at radius 3 is 2.53 bits per heavy atom. The number of nitrogens with one attached hydrogen (secondary N) is 1. The number of hydrogen-bond donors (Lipinski definition) is 2. The van der Waals surface area contributed by atoms with E-state index in [-0.39, 0.29) is 17.2 Å². The van der Waals surface area contributed by atoms with Gasteiger partial charge in [-0.3, -0.25) is 0 Å². The first-order chi connectivity index (χ1) is 9.01. The largest absolute Gasteiger partial charge is 0.495 e. The van der Waals surface area contributed by atoms with Crippen LogP contribution in [0.5, 0.6) is 5.75 Å². The lowest BCUT2D eigenvalue weighted by molar-refractivity contribution is 0.416. The average molecular weight is 329 g/mol. The molecule has 2 aromatic carbocycles. The van der Waals surface area contributed by atoms with E-state index in [1.54, 1.807) is 0 Å². The molecule has 0 unspecified atom stereocenters. The summed E-state index contributed by atoms with van der Waals surface area (Å²) in [5.41, 5.74) is 6.53. The minimum absolute atomic E-state index is 0.193. The van der Waals surface area contributed by atoms with Crippen LogP contribution in [0.1, 0.15) is 0 Å². The summed E-state index contributed by atoms with van der Waals surface area (Å²) in [5.74, 6) is -0.538. The van der Waals surface area contributed by atoms with Crippen molar-refractivity contribution in [2.75, 3.05) is 18.2 Å². The van der Waals surface area contributed by atoms with Crippen LogP contribution in [0.4, 0.5) is 25.8 Å². The van der Waals surface area contributed by atoms with Gasteiger partial charge in [0, 0.05) is 16.6 Å². The fourth-order valence-corrected chi connectivity index (χ4v) is 2.03. The summed E-state index contributed by atoms with van der Waals surface area (Å²) in [6, 6.07) is 6.68. The molecule has 0 saturated heterocycles. The molecule has 0 aliphatic heterocycles. The van der Waals surface area contributed by atoms with Gasteiger partial charge in [-0.1, -0.05) is 0 Å². The van der Waals surface area contributed by atoms with Gasteiger partial charge in [-0.25, -0.2) is 8.78 Å². The lowest BCUT2D eigenvalue weighted by Gasteiger charge is -2.12. The smallest absolute Gasteiger partial charge is 0.148 e. The van der Waals surface area contributed by atoms with E-state index in [2.05, 4.69) is 21.2 Å². The molecule has 100 valence electrons. The molecule has 2 rings (SSSR count). The minimum atomic E-state index is -0.519. The highest BCUT2D eigenvalue weighted by molar-refractivity contribution is 9.10. The fraction of sp³-hybridized carbons (Fsp3) is 0.0769. The lowest BCUT2D eigenvalue weighted by atomic mass is 10.2. The van der Waals surface area contributed by atoms with Crippen molar-refractivity contribution >= 4 is 33.0 Å². The second kappa shape index (κ2) is 5.44. The zero-order valence-corrected chi connectivity index (χ0v) is 11.6. The Morgan fingerprint density at radius 2 is 1.89 bits per heavy atom. The van der Waals surface area contributed by atoms with Crippen molar-refractivity contribution in [2.24, 2.45) is 0 Å². The first kappa shape index (κ1) is 13.6. The predicted molar refractivity (Wildman–Crippen MR) is 74.7 cm³/mol. The molecule has 0 fully saturated rings. The lowest BCUT2D eigenvalue weighted by Crippen LogP contribution is -1.99. The topological polar surface area (TPSA) is 47.3 Å². The zero-order chi connectivity index (χ0) is 14.0. The van der Waals surface area contributed by atoms with Crippen molar-refractivity contribution in [2.45, 2.75) is 0 Å². The number of nitrogens with two attached hydrogens (primary N) is 1. The number of hydrogen-bond acceptors (Lipinski definition) is 3. The van der Waals surface area contributed by atoms with Gasteiger partial charge >= 0.3 is 0 Å². The molecule has 0 amide bonds. The molecule has 3 nitrogen and oxygen atoms in total. The maximum atomic E-state index is 13.8. The van der Waals surface area contributed by atoms with Crippen molar-refractivity contribution < 1.29 is 13.5 Å². The van der Waals surface area contributed by atoms with Crippen LogP contribution < -0.4 is 15.8 Å². The molecule has 19 heavy (non-hydrogen) atoms. The number of anilines is 3. The Labute approximate surface area is 117 Å². The van der Waals surface area contributed by atoms with Crippen LogP contribution in [-0.4, -0.2) is 7.11 Å².